The van der Waals surface area contributed by atoms with E-state index in [4.69, 9.17) is 0 Å². The van der Waals surface area contributed by atoms with Gasteiger partial charge in [-0.2, -0.15) is 0 Å². The number of carbonyl (C=O) groups excluding carboxylic acids is 1. The van der Waals surface area contributed by atoms with Gasteiger partial charge in [-0.1, -0.05) is 43.3 Å². The van der Waals surface area contributed by atoms with E-state index < -0.39 is 0 Å². The van der Waals surface area contributed by atoms with Gasteiger partial charge in [0.15, 0.2) is 5.78 Å². The molecule has 0 amide bonds. The van der Waals surface area contributed by atoms with Gasteiger partial charge < -0.3 is 0 Å². The highest BCUT2D eigenvalue weighted by molar-refractivity contribution is 6.03. The summed E-state index contributed by atoms with van der Waals surface area (Å²) >= 11 is 0. The molecule has 0 radical (unpaired) electrons. The maximum atomic E-state index is 12.6. The molecular weight excluding hydrogens is 246 g/mol. The molecule has 2 aromatic carbocycles. The standard InChI is InChI=1S/C18H15NO/c1-13(14-8-10-19-11-9-14)18(20)17-7-6-15-4-2-3-5-16(15)12-17/h2-13H,1H3. The Morgan fingerprint density at radius 3 is 2.40 bits per heavy atom. The van der Waals surface area contributed by atoms with Crippen LogP contribution in [-0.4, -0.2) is 10.8 Å². The maximum absolute atomic E-state index is 12.6. The number of carbonyl (C=O) groups is 1. The second-order valence-corrected chi connectivity index (χ2v) is 4.93. The van der Waals surface area contributed by atoms with Crippen LogP contribution in [0.5, 0.6) is 0 Å². The number of nitrogens with zero attached hydrogens (tertiary/aromatic N) is 1. The van der Waals surface area contributed by atoms with Crippen LogP contribution in [0.4, 0.5) is 0 Å². The quantitative estimate of drug-likeness (QED) is 0.661. The van der Waals surface area contributed by atoms with Gasteiger partial charge in [-0.05, 0) is 34.5 Å². The number of benzene rings is 2. The summed E-state index contributed by atoms with van der Waals surface area (Å²) < 4.78 is 0. The van der Waals surface area contributed by atoms with Crippen LogP contribution in [0.25, 0.3) is 10.8 Å². The van der Waals surface area contributed by atoms with E-state index in [0.717, 1.165) is 21.9 Å². The Morgan fingerprint density at radius 2 is 1.65 bits per heavy atom. The number of aromatic nitrogens is 1. The molecule has 0 saturated carbocycles. The molecule has 1 heterocycles. The SMILES string of the molecule is CC(C(=O)c1ccc2ccccc2c1)c1ccncc1. The van der Waals surface area contributed by atoms with E-state index in [2.05, 4.69) is 11.1 Å². The van der Waals surface area contributed by atoms with Crippen LogP contribution in [-0.2, 0) is 0 Å². The highest BCUT2D eigenvalue weighted by Crippen LogP contribution is 2.22. The molecule has 0 N–H and O–H groups in total. The third kappa shape index (κ3) is 2.32. The molecule has 3 rings (SSSR count). The average molecular weight is 261 g/mol. The minimum Gasteiger partial charge on any atom is -0.294 e. The van der Waals surface area contributed by atoms with Crippen molar-refractivity contribution in [3.63, 3.8) is 0 Å². The van der Waals surface area contributed by atoms with Gasteiger partial charge in [-0.15, -0.1) is 0 Å². The van der Waals surface area contributed by atoms with Gasteiger partial charge in [0, 0.05) is 23.9 Å². The lowest BCUT2D eigenvalue weighted by Crippen LogP contribution is -2.09. The largest absolute Gasteiger partial charge is 0.294 e. The van der Waals surface area contributed by atoms with Gasteiger partial charge >= 0.3 is 0 Å². The molecule has 0 fully saturated rings. The number of hydrogen-bond acceptors (Lipinski definition) is 2. The van der Waals surface area contributed by atoms with E-state index in [0.29, 0.717) is 0 Å². The van der Waals surface area contributed by atoms with E-state index in [-0.39, 0.29) is 11.7 Å². The third-order valence-corrected chi connectivity index (χ3v) is 3.63. The smallest absolute Gasteiger partial charge is 0.170 e. The zero-order chi connectivity index (χ0) is 13.9. The normalized spacial score (nSPS) is 12.2. The summed E-state index contributed by atoms with van der Waals surface area (Å²) in [6.07, 6.45) is 3.44. The van der Waals surface area contributed by atoms with Gasteiger partial charge in [0.25, 0.3) is 0 Å². The summed E-state index contributed by atoms with van der Waals surface area (Å²) in [5, 5.41) is 2.25. The summed E-state index contributed by atoms with van der Waals surface area (Å²) in [5.41, 5.74) is 1.76. The molecule has 98 valence electrons. The van der Waals surface area contributed by atoms with E-state index in [9.17, 15) is 4.79 Å². The Kier molecular flexibility index (Phi) is 3.30. The first-order chi connectivity index (χ1) is 9.75. The van der Waals surface area contributed by atoms with Crippen LogP contribution in [0, 0.1) is 0 Å². The Bertz CT molecular complexity index is 749. The molecule has 0 aliphatic heterocycles. The van der Waals surface area contributed by atoms with Crippen molar-refractivity contribution in [2.24, 2.45) is 0 Å². The van der Waals surface area contributed by atoms with Crippen LogP contribution < -0.4 is 0 Å². The van der Waals surface area contributed by atoms with E-state index in [1.165, 1.54) is 0 Å². The van der Waals surface area contributed by atoms with Crippen LogP contribution in [0.3, 0.4) is 0 Å². The number of rotatable bonds is 3. The summed E-state index contributed by atoms with van der Waals surface area (Å²) in [7, 11) is 0. The molecule has 0 bridgehead atoms. The van der Waals surface area contributed by atoms with Crippen LogP contribution >= 0.6 is 0 Å². The maximum Gasteiger partial charge on any atom is 0.170 e. The summed E-state index contributed by atoms with van der Waals surface area (Å²) in [6.45, 7) is 1.94. The zero-order valence-electron chi connectivity index (χ0n) is 11.3. The number of pyridine rings is 1. The lowest BCUT2D eigenvalue weighted by atomic mass is 9.92. The van der Waals surface area contributed by atoms with Gasteiger partial charge in [0.1, 0.15) is 0 Å². The zero-order valence-corrected chi connectivity index (χ0v) is 11.3. The van der Waals surface area contributed by atoms with Crippen molar-refractivity contribution >= 4 is 16.6 Å². The third-order valence-electron chi connectivity index (χ3n) is 3.63. The van der Waals surface area contributed by atoms with Crippen molar-refractivity contribution < 1.29 is 4.79 Å². The number of hydrogen-bond donors (Lipinski definition) is 0. The summed E-state index contributed by atoms with van der Waals surface area (Å²) in [4.78, 5) is 16.6. The van der Waals surface area contributed by atoms with Gasteiger partial charge in [0.05, 0.1) is 0 Å². The number of ketones is 1. The molecule has 1 unspecified atom stereocenters. The monoisotopic (exact) mass is 261 g/mol. The van der Waals surface area contributed by atoms with Crippen molar-refractivity contribution in [3.05, 3.63) is 78.1 Å². The van der Waals surface area contributed by atoms with Crippen LogP contribution in [0.1, 0.15) is 28.8 Å². The molecule has 0 spiro atoms. The predicted octanol–water partition coefficient (Wildman–Crippen LogP) is 4.22. The molecule has 1 aromatic heterocycles. The lowest BCUT2D eigenvalue weighted by molar-refractivity contribution is 0.0966. The molecule has 2 nitrogen and oxygen atoms in total. The fourth-order valence-corrected chi connectivity index (χ4v) is 2.40. The van der Waals surface area contributed by atoms with Gasteiger partial charge in [0.2, 0.25) is 0 Å². The van der Waals surface area contributed by atoms with Crippen molar-refractivity contribution in [1.29, 1.82) is 0 Å². The first-order valence-corrected chi connectivity index (χ1v) is 6.68. The molecule has 0 aliphatic rings. The van der Waals surface area contributed by atoms with Gasteiger partial charge in [-0.3, -0.25) is 9.78 Å². The molecular formula is C18H15NO. The van der Waals surface area contributed by atoms with Crippen molar-refractivity contribution in [3.8, 4) is 0 Å². The van der Waals surface area contributed by atoms with E-state index >= 15 is 0 Å². The Morgan fingerprint density at radius 1 is 0.950 bits per heavy atom. The van der Waals surface area contributed by atoms with Crippen molar-refractivity contribution in [2.45, 2.75) is 12.8 Å². The molecule has 20 heavy (non-hydrogen) atoms. The predicted molar refractivity (Wildman–Crippen MR) is 80.9 cm³/mol. The average Bonchev–Trinajstić information content (AvgIpc) is 2.54. The van der Waals surface area contributed by atoms with E-state index in [1.807, 2.05) is 55.5 Å². The second-order valence-electron chi connectivity index (χ2n) is 4.93. The lowest BCUT2D eigenvalue weighted by Gasteiger charge is -2.11. The minimum absolute atomic E-state index is 0.141. The minimum atomic E-state index is -0.154. The Hall–Kier alpha value is -2.48. The van der Waals surface area contributed by atoms with Crippen molar-refractivity contribution in [2.75, 3.05) is 0 Å². The summed E-state index contributed by atoms with van der Waals surface area (Å²) in [5.74, 6) is -0.0129. The molecule has 2 heteroatoms. The highest BCUT2D eigenvalue weighted by atomic mass is 16.1. The Labute approximate surface area is 118 Å². The molecule has 1 atom stereocenters. The Balaban J connectivity index is 1.96. The fourth-order valence-electron chi connectivity index (χ4n) is 2.40. The van der Waals surface area contributed by atoms with Crippen LogP contribution in [0.15, 0.2) is 67.0 Å². The van der Waals surface area contributed by atoms with Crippen molar-refractivity contribution in [1.82, 2.24) is 4.98 Å². The van der Waals surface area contributed by atoms with Gasteiger partial charge in [-0.25, -0.2) is 0 Å². The molecule has 3 aromatic rings. The molecule has 0 saturated heterocycles. The number of fused-ring (bicyclic) bond motifs is 1. The fraction of sp³-hybridized carbons (Fsp3) is 0.111. The topological polar surface area (TPSA) is 30.0 Å². The second kappa shape index (κ2) is 5.25. The first kappa shape index (κ1) is 12.5. The molecule has 0 aliphatic carbocycles. The number of Topliss-reactive ketones (excluding diaryl/α,β-unsaturated/α-hetero) is 1. The summed E-state index contributed by atoms with van der Waals surface area (Å²) in [6, 6.07) is 17.7. The highest BCUT2D eigenvalue weighted by Gasteiger charge is 2.17. The first-order valence-electron chi connectivity index (χ1n) is 6.68. The van der Waals surface area contributed by atoms with E-state index in [1.54, 1.807) is 12.4 Å². The van der Waals surface area contributed by atoms with Crippen LogP contribution in [0.2, 0.25) is 0 Å².